The molecule has 0 bridgehead atoms. The zero-order valence-corrected chi connectivity index (χ0v) is 10.2. The second kappa shape index (κ2) is 3.88. The van der Waals surface area contributed by atoms with Gasteiger partial charge in [0.1, 0.15) is 16.9 Å². The highest BCUT2D eigenvalue weighted by atomic mass is 16.4. The van der Waals surface area contributed by atoms with Gasteiger partial charge in [-0.3, -0.25) is 0 Å². The first-order valence-electron chi connectivity index (χ1n) is 6.41. The summed E-state index contributed by atoms with van der Waals surface area (Å²) in [6.07, 6.45) is 5.05. The van der Waals surface area contributed by atoms with E-state index >= 15 is 0 Å². The minimum Gasteiger partial charge on any atom is -0.458 e. The SMILES string of the molecule is Cc1cccc2cc(C3(O)CCCCC3)oc12. The molecule has 1 aromatic heterocycles. The maximum Gasteiger partial charge on any atom is 0.137 e. The van der Waals surface area contributed by atoms with Crippen molar-refractivity contribution in [2.24, 2.45) is 0 Å². The second-order valence-corrected chi connectivity index (χ2v) is 5.20. The molecule has 0 aliphatic heterocycles. The topological polar surface area (TPSA) is 33.4 Å². The van der Waals surface area contributed by atoms with Gasteiger partial charge in [-0.05, 0) is 31.4 Å². The standard InChI is InChI=1S/C15H18O2/c1-11-6-5-7-12-10-13(17-14(11)12)15(16)8-3-2-4-9-15/h5-7,10,16H,2-4,8-9H2,1H3. The summed E-state index contributed by atoms with van der Waals surface area (Å²) in [5.41, 5.74) is 1.32. The van der Waals surface area contributed by atoms with Crippen LogP contribution in [-0.2, 0) is 5.60 Å². The molecule has 1 fully saturated rings. The molecule has 1 aromatic carbocycles. The minimum atomic E-state index is -0.732. The summed E-state index contributed by atoms with van der Waals surface area (Å²) in [4.78, 5) is 0. The molecule has 1 aliphatic carbocycles. The molecule has 1 heterocycles. The van der Waals surface area contributed by atoms with Gasteiger partial charge in [-0.25, -0.2) is 0 Å². The molecule has 0 spiro atoms. The molecule has 2 aromatic rings. The number of rotatable bonds is 1. The summed E-state index contributed by atoms with van der Waals surface area (Å²) in [5, 5.41) is 11.7. The van der Waals surface area contributed by atoms with Crippen LogP contribution in [0, 0.1) is 6.92 Å². The van der Waals surface area contributed by atoms with Gasteiger partial charge in [0.25, 0.3) is 0 Å². The Morgan fingerprint density at radius 3 is 2.65 bits per heavy atom. The lowest BCUT2D eigenvalue weighted by Gasteiger charge is -2.29. The first-order chi connectivity index (χ1) is 8.19. The van der Waals surface area contributed by atoms with E-state index in [0.29, 0.717) is 0 Å². The van der Waals surface area contributed by atoms with Gasteiger partial charge < -0.3 is 9.52 Å². The lowest BCUT2D eigenvalue weighted by atomic mass is 9.83. The van der Waals surface area contributed by atoms with E-state index in [0.717, 1.165) is 48.0 Å². The summed E-state index contributed by atoms with van der Waals surface area (Å²) in [6, 6.07) is 8.12. The van der Waals surface area contributed by atoms with Gasteiger partial charge >= 0.3 is 0 Å². The van der Waals surface area contributed by atoms with Crippen LogP contribution in [0.3, 0.4) is 0 Å². The van der Waals surface area contributed by atoms with Crippen molar-refractivity contribution < 1.29 is 9.52 Å². The van der Waals surface area contributed by atoms with Crippen LogP contribution in [0.25, 0.3) is 11.0 Å². The largest absolute Gasteiger partial charge is 0.458 e. The summed E-state index contributed by atoms with van der Waals surface area (Å²) in [7, 11) is 0. The van der Waals surface area contributed by atoms with Crippen molar-refractivity contribution in [3.05, 3.63) is 35.6 Å². The monoisotopic (exact) mass is 230 g/mol. The predicted molar refractivity (Wildman–Crippen MR) is 67.9 cm³/mol. The second-order valence-electron chi connectivity index (χ2n) is 5.20. The summed E-state index contributed by atoms with van der Waals surface area (Å²) < 4.78 is 5.89. The highest BCUT2D eigenvalue weighted by Gasteiger charge is 2.34. The van der Waals surface area contributed by atoms with Gasteiger partial charge in [0, 0.05) is 5.39 Å². The third kappa shape index (κ3) is 1.77. The third-order valence-electron chi connectivity index (χ3n) is 3.88. The Morgan fingerprint density at radius 2 is 1.94 bits per heavy atom. The van der Waals surface area contributed by atoms with Crippen molar-refractivity contribution in [1.82, 2.24) is 0 Å². The maximum absolute atomic E-state index is 10.6. The molecule has 0 unspecified atom stereocenters. The lowest BCUT2D eigenvalue weighted by Crippen LogP contribution is -2.27. The number of furan rings is 1. The van der Waals surface area contributed by atoms with E-state index in [1.807, 2.05) is 31.2 Å². The number of hydrogen-bond donors (Lipinski definition) is 1. The molecule has 1 aliphatic rings. The lowest BCUT2D eigenvalue weighted by molar-refractivity contribution is -0.0186. The molecule has 3 rings (SSSR count). The van der Waals surface area contributed by atoms with E-state index in [9.17, 15) is 5.11 Å². The Hall–Kier alpha value is -1.28. The Labute approximate surface area is 101 Å². The van der Waals surface area contributed by atoms with Crippen molar-refractivity contribution in [3.63, 3.8) is 0 Å². The van der Waals surface area contributed by atoms with E-state index in [4.69, 9.17) is 4.42 Å². The van der Waals surface area contributed by atoms with Crippen LogP contribution in [0.15, 0.2) is 28.7 Å². The molecule has 2 nitrogen and oxygen atoms in total. The Morgan fingerprint density at radius 1 is 1.18 bits per heavy atom. The molecule has 0 saturated heterocycles. The number of para-hydroxylation sites is 1. The van der Waals surface area contributed by atoms with E-state index < -0.39 is 5.60 Å². The van der Waals surface area contributed by atoms with Crippen LogP contribution in [0.4, 0.5) is 0 Å². The van der Waals surface area contributed by atoms with Crippen molar-refractivity contribution in [3.8, 4) is 0 Å². The molecule has 90 valence electrons. The zero-order chi connectivity index (χ0) is 11.9. The zero-order valence-electron chi connectivity index (χ0n) is 10.2. The van der Waals surface area contributed by atoms with Crippen LogP contribution in [-0.4, -0.2) is 5.11 Å². The third-order valence-corrected chi connectivity index (χ3v) is 3.88. The molecule has 0 atom stereocenters. The van der Waals surface area contributed by atoms with E-state index in [2.05, 4.69) is 0 Å². The molecule has 17 heavy (non-hydrogen) atoms. The fourth-order valence-corrected chi connectivity index (χ4v) is 2.82. The minimum absolute atomic E-state index is 0.732. The Bertz CT molecular complexity index is 533. The summed E-state index contributed by atoms with van der Waals surface area (Å²) in [6.45, 7) is 2.04. The Kier molecular flexibility index (Phi) is 2.48. The summed E-state index contributed by atoms with van der Waals surface area (Å²) >= 11 is 0. The van der Waals surface area contributed by atoms with Crippen LogP contribution in [0.5, 0.6) is 0 Å². The molecule has 2 heteroatoms. The number of aliphatic hydroxyl groups is 1. The Balaban J connectivity index is 2.08. The molecule has 1 saturated carbocycles. The normalized spacial score (nSPS) is 19.6. The average Bonchev–Trinajstić information content (AvgIpc) is 2.76. The number of fused-ring (bicyclic) bond motifs is 1. The molecule has 0 radical (unpaired) electrons. The maximum atomic E-state index is 10.6. The van der Waals surface area contributed by atoms with Crippen LogP contribution < -0.4 is 0 Å². The van der Waals surface area contributed by atoms with E-state index in [-0.39, 0.29) is 0 Å². The first kappa shape index (κ1) is 10.8. The van der Waals surface area contributed by atoms with Crippen molar-refractivity contribution >= 4 is 11.0 Å². The molecule has 1 N–H and O–H groups in total. The van der Waals surface area contributed by atoms with Crippen LogP contribution in [0.1, 0.15) is 43.4 Å². The number of hydrogen-bond acceptors (Lipinski definition) is 2. The van der Waals surface area contributed by atoms with Crippen LogP contribution >= 0.6 is 0 Å². The molecular weight excluding hydrogens is 212 g/mol. The summed E-state index contributed by atoms with van der Waals surface area (Å²) in [5.74, 6) is 0.751. The molecular formula is C15H18O2. The quantitative estimate of drug-likeness (QED) is 0.806. The molecule has 0 amide bonds. The van der Waals surface area contributed by atoms with Gasteiger partial charge in [0.05, 0.1) is 0 Å². The van der Waals surface area contributed by atoms with E-state index in [1.165, 1.54) is 6.42 Å². The number of benzene rings is 1. The average molecular weight is 230 g/mol. The van der Waals surface area contributed by atoms with Crippen LogP contribution in [0.2, 0.25) is 0 Å². The van der Waals surface area contributed by atoms with Crippen molar-refractivity contribution in [1.29, 1.82) is 0 Å². The van der Waals surface area contributed by atoms with Gasteiger partial charge in [-0.15, -0.1) is 0 Å². The first-order valence-corrected chi connectivity index (χ1v) is 6.41. The van der Waals surface area contributed by atoms with Gasteiger partial charge in [0.15, 0.2) is 0 Å². The fourth-order valence-electron chi connectivity index (χ4n) is 2.82. The van der Waals surface area contributed by atoms with E-state index in [1.54, 1.807) is 0 Å². The number of aryl methyl sites for hydroxylation is 1. The van der Waals surface area contributed by atoms with Gasteiger partial charge in [-0.1, -0.05) is 37.5 Å². The highest BCUT2D eigenvalue weighted by Crippen LogP contribution is 2.39. The van der Waals surface area contributed by atoms with Crippen molar-refractivity contribution in [2.45, 2.75) is 44.6 Å². The predicted octanol–water partition coefficient (Wildman–Crippen LogP) is 3.89. The van der Waals surface area contributed by atoms with Gasteiger partial charge in [-0.2, -0.15) is 0 Å². The van der Waals surface area contributed by atoms with Crippen molar-refractivity contribution in [2.75, 3.05) is 0 Å². The highest BCUT2D eigenvalue weighted by molar-refractivity contribution is 5.81. The fraction of sp³-hybridized carbons (Fsp3) is 0.467. The smallest absolute Gasteiger partial charge is 0.137 e. The van der Waals surface area contributed by atoms with Gasteiger partial charge in [0.2, 0.25) is 0 Å².